The lowest BCUT2D eigenvalue weighted by Gasteiger charge is -2.37. The van der Waals surface area contributed by atoms with Gasteiger partial charge in [-0.25, -0.2) is 14.2 Å². The molecule has 28 heavy (non-hydrogen) atoms. The molecule has 2 aliphatic rings. The van der Waals surface area contributed by atoms with Crippen molar-refractivity contribution in [3.05, 3.63) is 71.3 Å². The highest BCUT2D eigenvalue weighted by Crippen LogP contribution is 2.31. The minimum absolute atomic E-state index is 0.240. The van der Waals surface area contributed by atoms with Crippen LogP contribution in [0.5, 0.6) is 0 Å². The summed E-state index contributed by atoms with van der Waals surface area (Å²) < 4.78 is 27.4. The van der Waals surface area contributed by atoms with Crippen LogP contribution in [0.4, 0.5) is 8.78 Å². The van der Waals surface area contributed by atoms with E-state index in [1.165, 1.54) is 35.2 Å². The summed E-state index contributed by atoms with van der Waals surface area (Å²) in [7, 11) is 0. The topological polar surface area (TPSA) is 73.5 Å². The Balaban J connectivity index is 1.64. The molecule has 6 nitrogen and oxygen atoms in total. The maximum atomic E-state index is 13.7. The summed E-state index contributed by atoms with van der Waals surface area (Å²) in [6.45, 7) is 0.987. The van der Waals surface area contributed by atoms with Crippen LogP contribution in [-0.2, 0) is 9.59 Å². The lowest BCUT2D eigenvalue weighted by Crippen LogP contribution is -2.54. The minimum Gasteiger partial charge on any atom is -0.352 e. The Morgan fingerprint density at radius 1 is 1.04 bits per heavy atom. The molecule has 0 saturated carbocycles. The van der Waals surface area contributed by atoms with Crippen LogP contribution >= 0.6 is 0 Å². The average Bonchev–Trinajstić information content (AvgIpc) is 3.17. The predicted molar refractivity (Wildman–Crippen MR) is 97.6 cm³/mol. The van der Waals surface area contributed by atoms with Crippen molar-refractivity contribution in [2.45, 2.75) is 12.1 Å². The van der Waals surface area contributed by atoms with Crippen LogP contribution < -0.4 is 16.2 Å². The number of hydrogen-bond acceptors (Lipinski definition) is 4. The van der Waals surface area contributed by atoms with E-state index in [0.29, 0.717) is 30.8 Å². The van der Waals surface area contributed by atoms with Gasteiger partial charge in [-0.1, -0.05) is 24.3 Å². The van der Waals surface area contributed by atoms with Gasteiger partial charge in [-0.3, -0.25) is 15.0 Å². The molecule has 2 aromatic rings. The summed E-state index contributed by atoms with van der Waals surface area (Å²) >= 11 is 0. The number of hydrogen-bond donors (Lipinski definition) is 3. The molecule has 0 bridgehead atoms. The number of hydrazine groups is 1. The number of piperazine rings is 1. The highest BCUT2D eigenvalue weighted by molar-refractivity contribution is 5.91. The third-order valence-corrected chi connectivity index (χ3v) is 5.17. The first-order valence-electron chi connectivity index (χ1n) is 9.12. The van der Waals surface area contributed by atoms with Gasteiger partial charge in [-0.2, -0.15) is 0 Å². The van der Waals surface area contributed by atoms with Gasteiger partial charge in [0.15, 0.2) is 0 Å². The second-order valence-electron chi connectivity index (χ2n) is 6.94. The van der Waals surface area contributed by atoms with Crippen molar-refractivity contribution in [2.75, 3.05) is 19.6 Å². The van der Waals surface area contributed by atoms with Gasteiger partial charge in [0, 0.05) is 19.6 Å². The van der Waals surface area contributed by atoms with Crippen molar-refractivity contribution < 1.29 is 18.4 Å². The van der Waals surface area contributed by atoms with E-state index in [2.05, 4.69) is 16.2 Å². The predicted octanol–water partition coefficient (Wildman–Crippen LogP) is 1.43. The maximum Gasteiger partial charge on any atom is 0.247 e. The molecule has 4 rings (SSSR count). The highest BCUT2D eigenvalue weighted by atomic mass is 19.1. The zero-order valence-corrected chi connectivity index (χ0v) is 15.0. The van der Waals surface area contributed by atoms with E-state index in [4.69, 9.17) is 0 Å². The molecule has 2 fully saturated rings. The van der Waals surface area contributed by atoms with Crippen LogP contribution in [0.3, 0.4) is 0 Å². The van der Waals surface area contributed by atoms with Gasteiger partial charge in [0.2, 0.25) is 11.8 Å². The fraction of sp³-hybridized carbons (Fsp3) is 0.300. The van der Waals surface area contributed by atoms with Crippen LogP contribution in [0.25, 0.3) is 0 Å². The van der Waals surface area contributed by atoms with E-state index in [1.54, 1.807) is 18.2 Å². The van der Waals surface area contributed by atoms with Crippen LogP contribution in [-0.4, -0.2) is 36.3 Å². The smallest absolute Gasteiger partial charge is 0.247 e. The van der Waals surface area contributed by atoms with Gasteiger partial charge in [-0.05, 0) is 35.4 Å². The van der Waals surface area contributed by atoms with Crippen LogP contribution in [0.2, 0.25) is 0 Å². The molecular weight excluding hydrogens is 366 g/mol. The van der Waals surface area contributed by atoms with E-state index >= 15 is 0 Å². The van der Waals surface area contributed by atoms with Crippen LogP contribution in [0.1, 0.15) is 23.2 Å². The molecular formula is C20H20F2N4O2. The van der Waals surface area contributed by atoms with Gasteiger partial charge in [0.1, 0.15) is 17.7 Å². The number of carbonyl (C=O) groups excluding carboxylic acids is 2. The summed E-state index contributed by atoms with van der Waals surface area (Å²) in [6, 6.07) is 10.5. The number of halogens is 2. The van der Waals surface area contributed by atoms with E-state index in [1.807, 2.05) is 0 Å². The largest absolute Gasteiger partial charge is 0.352 e. The Bertz CT molecular complexity index is 907. The number of rotatable bonds is 3. The molecule has 0 spiro atoms. The lowest BCUT2D eigenvalue weighted by atomic mass is 9.92. The molecule has 2 heterocycles. The van der Waals surface area contributed by atoms with Crippen LogP contribution in [0.15, 0.2) is 48.5 Å². The van der Waals surface area contributed by atoms with E-state index in [9.17, 15) is 18.4 Å². The summed E-state index contributed by atoms with van der Waals surface area (Å²) in [6.07, 6.45) is 0. The van der Waals surface area contributed by atoms with E-state index in [-0.39, 0.29) is 17.6 Å². The molecule has 146 valence electrons. The first-order valence-corrected chi connectivity index (χ1v) is 9.12. The third kappa shape index (κ3) is 3.48. The van der Waals surface area contributed by atoms with Crippen molar-refractivity contribution >= 4 is 11.8 Å². The molecule has 0 aliphatic carbocycles. The Morgan fingerprint density at radius 3 is 2.43 bits per heavy atom. The molecule has 3 N–H and O–H groups in total. The van der Waals surface area contributed by atoms with Crippen molar-refractivity contribution in [3.8, 4) is 0 Å². The number of carbonyl (C=O) groups is 2. The second-order valence-corrected chi connectivity index (χ2v) is 6.94. The number of amides is 2. The zero-order chi connectivity index (χ0) is 19.7. The van der Waals surface area contributed by atoms with Gasteiger partial charge < -0.3 is 10.2 Å². The Hall–Kier alpha value is -2.84. The van der Waals surface area contributed by atoms with Gasteiger partial charge in [0.25, 0.3) is 0 Å². The molecule has 3 atom stereocenters. The fourth-order valence-electron chi connectivity index (χ4n) is 3.87. The zero-order valence-electron chi connectivity index (χ0n) is 15.0. The second kappa shape index (κ2) is 7.65. The first-order chi connectivity index (χ1) is 13.5. The number of nitrogens with one attached hydrogen (secondary N) is 3. The van der Waals surface area contributed by atoms with Crippen molar-refractivity contribution in [2.24, 2.45) is 5.92 Å². The summed E-state index contributed by atoms with van der Waals surface area (Å²) in [5, 5.41) is 2.74. The molecule has 8 heteroatoms. The number of benzene rings is 2. The van der Waals surface area contributed by atoms with E-state index in [0.717, 1.165) is 0 Å². The normalized spacial score (nSPS) is 24.9. The molecule has 0 radical (unpaired) electrons. The summed E-state index contributed by atoms with van der Waals surface area (Å²) in [5.74, 6) is -1.96. The molecule has 3 unspecified atom stereocenters. The quantitative estimate of drug-likeness (QED) is 0.746. The Kier molecular flexibility index (Phi) is 5.06. The monoisotopic (exact) mass is 386 g/mol. The third-order valence-electron chi connectivity index (χ3n) is 5.17. The fourth-order valence-corrected chi connectivity index (χ4v) is 3.87. The minimum atomic E-state index is -0.897. The summed E-state index contributed by atoms with van der Waals surface area (Å²) in [4.78, 5) is 27.4. The molecule has 0 aromatic heterocycles. The molecule has 2 aliphatic heterocycles. The van der Waals surface area contributed by atoms with Crippen molar-refractivity contribution in [1.82, 2.24) is 21.1 Å². The number of nitrogens with zero attached hydrogens (tertiary/aromatic N) is 1. The highest BCUT2D eigenvalue weighted by Gasteiger charge is 2.42. The summed E-state index contributed by atoms with van der Waals surface area (Å²) in [5.41, 5.74) is 7.04. The standard InChI is InChI=1S/C20H20F2N4O2/c21-14-5-1-3-12(9-14)17-16(11-24-25-17)20(28)26-8-7-23-19(27)18(26)13-4-2-6-15(22)10-13/h1-6,9-10,16-18,24-25H,7-8,11H2,(H,23,27). The Morgan fingerprint density at radius 2 is 1.71 bits per heavy atom. The lowest BCUT2D eigenvalue weighted by molar-refractivity contribution is -0.146. The molecule has 2 saturated heterocycles. The van der Waals surface area contributed by atoms with Crippen molar-refractivity contribution in [1.29, 1.82) is 0 Å². The maximum absolute atomic E-state index is 13.7. The van der Waals surface area contributed by atoms with Crippen molar-refractivity contribution in [3.63, 3.8) is 0 Å². The first kappa shape index (κ1) is 18.5. The SMILES string of the molecule is O=C1NCCN(C(=O)C2CNNC2c2cccc(F)c2)C1c1cccc(F)c1. The van der Waals surface area contributed by atoms with E-state index < -0.39 is 23.8 Å². The van der Waals surface area contributed by atoms with Crippen LogP contribution in [0, 0.1) is 17.6 Å². The Labute approximate surface area is 160 Å². The average molecular weight is 386 g/mol. The van der Waals surface area contributed by atoms with Gasteiger partial charge in [-0.15, -0.1) is 0 Å². The molecule has 2 aromatic carbocycles. The molecule has 2 amide bonds. The van der Waals surface area contributed by atoms with Gasteiger partial charge >= 0.3 is 0 Å². The van der Waals surface area contributed by atoms with Gasteiger partial charge in [0.05, 0.1) is 12.0 Å².